The van der Waals surface area contributed by atoms with E-state index in [0.29, 0.717) is 23.0 Å². The van der Waals surface area contributed by atoms with Gasteiger partial charge in [-0.3, -0.25) is 4.79 Å². The second-order valence-corrected chi connectivity index (χ2v) is 7.89. The maximum absolute atomic E-state index is 13.1. The highest BCUT2D eigenvalue weighted by Gasteiger charge is 2.39. The Morgan fingerprint density at radius 2 is 1.93 bits per heavy atom. The van der Waals surface area contributed by atoms with Crippen LogP contribution in [0.3, 0.4) is 0 Å². The van der Waals surface area contributed by atoms with Gasteiger partial charge >= 0.3 is 12.1 Å². The van der Waals surface area contributed by atoms with Gasteiger partial charge < -0.3 is 14.5 Å². The molecule has 0 N–H and O–H groups in total. The highest BCUT2D eigenvalue weighted by Crippen LogP contribution is 2.39. The Morgan fingerprint density at radius 1 is 1.23 bits per heavy atom. The molecule has 1 aliphatic heterocycles. The third kappa shape index (κ3) is 4.40. The predicted octanol–water partition coefficient (Wildman–Crippen LogP) is 1.89. The average molecular weight is 446 g/mol. The van der Waals surface area contributed by atoms with Gasteiger partial charge in [0.25, 0.3) is 0 Å². The first kappa shape index (κ1) is 22.0. The molecule has 1 fully saturated rings. The van der Waals surface area contributed by atoms with Crippen LogP contribution in [0.1, 0.15) is 34.1 Å². The maximum atomic E-state index is 13.1. The highest BCUT2D eigenvalue weighted by atomic mass is 32.1. The summed E-state index contributed by atoms with van der Waals surface area (Å²) in [6, 6.07) is -0.293. The Balaban J connectivity index is 1.76. The quantitative estimate of drug-likeness (QED) is 0.662. The van der Waals surface area contributed by atoms with E-state index in [1.807, 2.05) is 0 Å². The number of carbonyl (C=O) groups is 2. The molecular weight excluding hydrogens is 425 g/mol. The second kappa shape index (κ2) is 8.20. The van der Waals surface area contributed by atoms with Gasteiger partial charge in [-0.1, -0.05) is 11.3 Å². The number of amides is 1. The molecule has 3 heterocycles. The molecule has 0 aliphatic carbocycles. The normalized spacial score (nSPS) is 17.4. The summed E-state index contributed by atoms with van der Waals surface area (Å²) in [6.07, 6.45) is -4.66. The molecule has 1 atom stereocenters. The Bertz CT molecular complexity index is 957. The van der Waals surface area contributed by atoms with Crippen LogP contribution in [0, 0.1) is 13.8 Å². The lowest BCUT2D eigenvalue weighted by Gasteiger charge is -2.40. The van der Waals surface area contributed by atoms with Crippen molar-refractivity contribution in [3.05, 3.63) is 22.4 Å². The van der Waals surface area contributed by atoms with Gasteiger partial charge in [0.2, 0.25) is 10.9 Å². The Kier molecular flexibility index (Phi) is 6.01. The largest absolute Gasteiger partial charge is 0.464 e. The Labute approximate surface area is 174 Å². The van der Waals surface area contributed by atoms with Gasteiger partial charge in [0.05, 0.1) is 7.11 Å². The average Bonchev–Trinajstić information content (AvgIpc) is 3.24. The monoisotopic (exact) mass is 446 g/mol. The van der Waals surface area contributed by atoms with Gasteiger partial charge in [-0.15, -0.1) is 0 Å². The molecule has 30 heavy (non-hydrogen) atoms. The van der Waals surface area contributed by atoms with Crippen LogP contribution < -0.4 is 4.90 Å². The van der Waals surface area contributed by atoms with E-state index in [4.69, 9.17) is 0 Å². The molecule has 3 rings (SSSR count). The molecule has 0 radical (unpaired) electrons. The first-order chi connectivity index (χ1) is 14.0. The lowest BCUT2D eigenvalue weighted by Crippen LogP contribution is -2.55. The number of anilines is 1. The van der Waals surface area contributed by atoms with Crippen LogP contribution in [0.4, 0.5) is 18.2 Å². The molecule has 1 amide bonds. The molecular formula is C17H21F3N6O3S. The number of alkyl halides is 3. The van der Waals surface area contributed by atoms with E-state index in [-0.39, 0.29) is 48.8 Å². The summed E-state index contributed by atoms with van der Waals surface area (Å²) in [5.74, 6) is 0.0990. The smallest absolute Gasteiger partial charge is 0.443 e. The van der Waals surface area contributed by atoms with Gasteiger partial charge in [0.1, 0.15) is 23.2 Å². The van der Waals surface area contributed by atoms with E-state index in [2.05, 4.69) is 19.8 Å². The molecule has 2 aromatic heterocycles. The molecule has 0 aromatic carbocycles. The number of piperazine rings is 1. The topological polar surface area (TPSA) is 93.5 Å². The first-order valence-electron chi connectivity index (χ1n) is 9.10. The lowest BCUT2D eigenvalue weighted by molar-refractivity contribution is -0.137. The molecule has 1 aliphatic rings. The van der Waals surface area contributed by atoms with Gasteiger partial charge in [-0.05, 0) is 20.8 Å². The minimum absolute atomic E-state index is 0.0310. The van der Waals surface area contributed by atoms with Crippen molar-refractivity contribution < 1.29 is 27.5 Å². The van der Waals surface area contributed by atoms with Crippen molar-refractivity contribution in [2.45, 2.75) is 39.5 Å². The third-order valence-corrected chi connectivity index (χ3v) is 5.87. The van der Waals surface area contributed by atoms with Gasteiger partial charge in [0, 0.05) is 25.7 Å². The van der Waals surface area contributed by atoms with E-state index >= 15 is 0 Å². The fourth-order valence-electron chi connectivity index (χ4n) is 3.32. The zero-order valence-corrected chi connectivity index (χ0v) is 17.7. The van der Waals surface area contributed by atoms with Crippen molar-refractivity contribution in [2.75, 3.05) is 31.6 Å². The summed E-state index contributed by atoms with van der Waals surface area (Å²) >= 11 is 0.399. The van der Waals surface area contributed by atoms with Gasteiger partial charge in [0.15, 0.2) is 5.69 Å². The number of rotatable bonds is 4. The molecule has 2 aromatic rings. The molecule has 0 bridgehead atoms. The summed E-state index contributed by atoms with van der Waals surface area (Å²) < 4.78 is 45.4. The first-order valence-corrected chi connectivity index (χ1v) is 9.91. The van der Waals surface area contributed by atoms with E-state index in [1.165, 1.54) is 4.68 Å². The zero-order valence-electron chi connectivity index (χ0n) is 16.9. The molecule has 9 nitrogen and oxygen atoms in total. The zero-order chi connectivity index (χ0) is 22.2. The number of halogens is 3. The summed E-state index contributed by atoms with van der Waals surface area (Å²) in [5.41, 5.74) is -0.365. The number of hydrogen-bond acceptors (Lipinski definition) is 8. The number of methoxy groups -OCH3 is 1. The number of carbonyl (C=O) groups excluding carboxylic acids is 2. The van der Waals surface area contributed by atoms with Crippen LogP contribution in [0.5, 0.6) is 0 Å². The molecule has 1 saturated heterocycles. The van der Waals surface area contributed by atoms with Crippen molar-refractivity contribution in [1.29, 1.82) is 0 Å². The number of ether oxygens (including phenoxy) is 1. The van der Waals surface area contributed by atoms with Crippen molar-refractivity contribution in [1.82, 2.24) is 24.6 Å². The molecule has 13 heteroatoms. The number of hydrogen-bond donors (Lipinski definition) is 0. The van der Waals surface area contributed by atoms with Crippen LogP contribution in [-0.2, 0) is 22.3 Å². The van der Waals surface area contributed by atoms with Crippen LogP contribution in [0.2, 0.25) is 0 Å². The van der Waals surface area contributed by atoms with Crippen molar-refractivity contribution in [3.8, 4) is 0 Å². The van der Waals surface area contributed by atoms with Crippen molar-refractivity contribution in [2.24, 2.45) is 0 Å². The minimum Gasteiger partial charge on any atom is -0.464 e. The van der Waals surface area contributed by atoms with E-state index in [0.717, 1.165) is 7.11 Å². The Hall–Kier alpha value is -2.70. The standard InChI is InChI=1S/C17H21F3N6O3S/c1-9-7-24(14-13(15(28)29-4)22-16(30-14)17(18,19)20)5-6-25(9)12(27)8-26-11(3)21-10(2)23-26/h9H,5-8H2,1-4H3. The van der Waals surface area contributed by atoms with Crippen molar-refractivity contribution in [3.63, 3.8) is 0 Å². The summed E-state index contributed by atoms with van der Waals surface area (Å²) in [7, 11) is 1.09. The van der Waals surface area contributed by atoms with E-state index < -0.39 is 17.2 Å². The number of aromatic nitrogens is 4. The number of nitrogens with zero attached hydrogens (tertiary/aromatic N) is 6. The molecule has 0 saturated carbocycles. The summed E-state index contributed by atoms with van der Waals surface area (Å²) in [5, 5.41) is 3.17. The second-order valence-electron chi connectivity index (χ2n) is 6.91. The fourth-order valence-corrected chi connectivity index (χ4v) is 4.28. The third-order valence-electron chi connectivity index (χ3n) is 4.71. The number of thiazole rings is 1. The van der Waals surface area contributed by atoms with E-state index in [1.54, 1.807) is 30.6 Å². The van der Waals surface area contributed by atoms with Crippen molar-refractivity contribution >= 4 is 28.2 Å². The molecule has 1 unspecified atom stereocenters. The van der Waals surface area contributed by atoms with E-state index in [9.17, 15) is 22.8 Å². The minimum atomic E-state index is -4.66. The summed E-state index contributed by atoms with van der Waals surface area (Å²) in [6.45, 7) is 6.12. The molecule has 0 spiro atoms. The predicted molar refractivity (Wildman–Crippen MR) is 101 cm³/mol. The summed E-state index contributed by atoms with van der Waals surface area (Å²) in [4.78, 5) is 35.6. The number of aryl methyl sites for hydroxylation is 2. The molecule has 164 valence electrons. The SMILES string of the molecule is COC(=O)c1nc(C(F)(F)F)sc1N1CCN(C(=O)Cn2nc(C)nc2C)C(C)C1. The fraction of sp³-hybridized carbons (Fsp3) is 0.588. The Morgan fingerprint density at radius 3 is 2.47 bits per heavy atom. The van der Waals surface area contributed by atoms with Gasteiger partial charge in [-0.2, -0.15) is 18.3 Å². The lowest BCUT2D eigenvalue weighted by atomic mass is 10.2. The van der Waals surface area contributed by atoms with Crippen LogP contribution in [-0.4, -0.2) is 69.3 Å². The highest BCUT2D eigenvalue weighted by molar-refractivity contribution is 7.16. The number of esters is 1. The van der Waals surface area contributed by atoms with Crippen LogP contribution >= 0.6 is 11.3 Å². The van der Waals surface area contributed by atoms with Crippen LogP contribution in [0.25, 0.3) is 0 Å². The maximum Gasteiger partial charge on any atom is 0.443 e. The van der Waals surface area contributed by atoms with Crippen LogP contribution in [0.15, 0.2) is 0 Å². The van der Waals surface area contributed by atoms with Gasteiger partial charge in [-0.25, -0.2) is 19.4 Å².